The monoisotopic (exact) mass is 318 g/mol. The molecule has 0 radical (unpaired) electrons. The number of pyridine rings is 1. The van der Waals surface area contributed by atoms with Crippen LogP contribution in [0.15, 0.2) is 29.6 Å². The Morgan fingerprint density at radius 1 is 1.27 bits per heavy atom. The molecule has 0 unspecified atom stereocenters. The molecule has 8 nitrogen and oxygen atoms in total. The van der Waals surface area contributed by atoms with Crippen molar-refractivity contribution in [2.75, 3.05) is 5.32 Å². The third-order valence-corrected chi connectivity index (χ3v) is 3.29. The molecule has 2 N–H and O–H groups in total. The van der Waals surface area contributed by atoms with Crippen molar-refractivity contribution < 1.29 is 9.59 Å². The first kappa shape index (κ1) is 15.7. The lowest BCUT2D eigenvalue weighted by Crippen LogP contribution is -2.19. The number of hydrogen-bond donors (Lipinski definition) is 2. The quantitative estimate of drug-likeness (QED) is 0.609. The van der Waals surface area contributed by atoms with Gasteiger partial charge in [-0.15, -0.1) is 10.2 Å². The Kier molecular flexibility index (Phi) is 5.66. The fourth-order valence-electron chi connectivity index (χ4n) is 1.39. The molecule has 22 heavy (non-hydrogen) atoms. The molecule has 2 aromatic rings. The number of hydrogen-bond acceptors (Lipinski definition) is 7. The van der Waals surface area contributed by atoms with Crippen LogP contribution in [0.2, 0.25) is 0 Å². The topological polar surface area (TPSA) is 109 Å². The predicted molar refractivity (Wildman–Crippen MR) is 82.5 cm³/mol. The minimum atomic E-state index is -0.310. The van der Waals surface area contributed by atoms with E-state index in [1.54, 1.807) is 31.5 Å². The number of carbonyl (C=O) groups excluding carboxylic acids is 2. The lowest BCUT2D eigenvalue weighted by atomic mass is 10.3. The standard InChI is InChI=1S/C13H14N6O2S/c1-2-10(20)16-13-19-18-12(22-13)7-11(21)17-15-8-9-3-5-14-6-4-9/h3-6,8H,2,7H2,1H3,(H,17,21)(H,16,19,20)/b15-8+. The zero-order valence-corrected chi connectivity index (χ0v) is 12.6. The van der Waals surface area contributed by atoms with Gasteiger partial charge in [0.05, 0.1) is 12.6 Å². The Hall–Kier alpha value is -2.68. The van der Waals surface area contributed by atoms with Crippen molar-refractivity contribution in [1.29, 1.82) is 0 Å². The van der Waals surface area contributed by atoms with Crippen LogP contribution in [0.1, 0.15) is 23.9 Å². The van der Waals surface area contributed by atoms with Crippen LogP contribution in [0, 0.1) is 0 Å². The molecule has 0 fully saturated rings. The van der Waals surface area contributed by atoms with E-state index in [0.717, 1.165) is 16.9 Å². The number of anilines is 1. The normalized spacial score (nSPS) is 10.6. The molecule has 0 saturated carbocycles. The smallest absolute Gasteiger partial charge is 0.247 e. The van der Waals surface area contributed by atoms with Gasteiger partial charge in [-0.25, -0.2) is 5.43 Å². The number of carbonyl (C=O) groups is 2. The summed E-state index contributed by atoms with van der Waals surface area (Å²) in [5.41, 5.74) is 3.23. The van der Waals surface area contributed by atoms with E-state index in [1.165, 1.54) is 6.21 Å². The van der Waals surface area contributed by atoms with Crippen LogP contribution >= 0.6 is 11.3 Å². The molecule has 0 aliphatic heterocycles. The summed E-state index contributed by atoms with van der Waals surface area (Å²) in [7, 11) is 0. The van der Waals surface area contributed by atoms with E-state index in [0.29, 0.717) is 16.6 Å². The van der Waals surface area contributed by atoms with Gasteiger partial charge in [-0.05, 0) is 17.7 Å². The first-order valence-corrected chi connectivity index (χ1v) is 7.33. The fraction of sp³-hybridized carbons (Fsp3) is 0.231. The highest BCUT2D eigenvalue weighted by molar-refractivity contribution is 7.15. The maximum Gasteiger partial charge on any atom is 0.247 e. The highest BCUT2D eigenvalue weighted by Gasteiger charge is 2.10. The second-order valence-corrected chi connectivity index (χ2v) is 5.22. The molecule has 0 bridgehead atoms. The molecule has 9 heteroatoms. The van der Waals surface area contributed by atoms with Gasteiger partial charge in [-0.2, -0.15) is 5.10 Å². The van der Waals surface area contributed by atoms with Crippen molar-refractivity contribution in [2.24, 2.45) is 5.10 Å². The second kappa shape index (κ2) is 7.93. The van der Waals surface area contributed by atoms with Crippen LogP contribution in [0.4, 0.5) is 5.13 Å². The minimum absolute atomic E-state index is 0.0490. The molecule has 0 aromatic carbocycles. The van der Waals surface area contributed by atoms with Crippen molar-refractivity contribution in [1.82, 2.24) is 20.6 Å². The molecule has 2 heterocycles. The Morgan fingerprint density at radius 3 is 2.77 bits per heavy atom. The van der Waals surface area contributed by atoms with Gasteiger partial charge in [-0.3, -0.25) is 14.6 Å². The maximum atomic E-state index is 11.7. The van der Waals surface area contributed by atoms with E-state index < -0.39 is 0 Å². The highest BCUT2D eigenvalue weighted by atomic mass is 32.1. The van der Waals surface area contributed by atoms with E-state index >= 15 is 0 Å². The van der Waals surface area contributed by atoms with Gasteiger partial charge < -0.3 is 5.32 Å². The molecule has 2 aromatic heterocycles. The number of amides is 2. The van der Waals surface area contributed by atoms with Crippen molar-refractivity contribution >= 4 is 34.5 Å². The minimum Gasteiger partial charge on any atom is -0.301 e. The molecular weight excluding hydrogens is 304 g/mol. The molecule has 114 valence electrons. The second-order valence-electron chi connectivity index (χ2n) is 4.15. The number of hydrazone groups is 1. The summed E-state index contributed by atoms with van der Waals surface area (Å²) in [6.45, 7) is 1.74. The average molecular weight is 318 g/mol. The van der Waals surface area contributed by atoms with E-state index in [4.69, 9.17) is 0 Å². The van der Waals surface area contributed by atoms with Crippen LogP contribution in [0.25, 0.3) is 0 Å². The van der Waals surface area contributed by atoms with E-state index in [2.05, 4.69) is 31.0 Å². The van der Waals surface area contributed by atoms with Gasteiger partial charge in [0.2, 0.25) is 16.9 Å². The third-order valence-electron chi connectivity index (χ3n) is 2.46. The lowest BCUT2D eigenvalue weighted by Gasteiger charge is -1.96. The first-order valence-electron chi connectivity index (χ1n) is 6.51. The van der Waals surface area contributed by atoms with E-state index in [1.807, 2.05) is 0 Å². The summed E-state index contributed by atoms with van der Waals surface area (Å²) < 4.78 is 0. The Bertz CT molecular complexity index is 670. The van der Waals surface area contributed by atoms with Gasteiger partial charge in [-0.1, -0.05) is 18.3 Å². The maximum absolute atomic E-state index is 11.7. The molecular formula is C13H14N6O2S. The van der Waals surface area contributed by atoms with E-state index in [9.17, 15) is 9.59 Å². The van der Waals surface area contributed by atoms with Crippen LogP contribution in [-0.2, 0) is 16.0 Å². The fourth-order valence-corrected chi connectivity index (χ4v) is 2.14. The summed E-state index contributed by atoms with van der Waals surface area (Å²) in [4.78, 5) is 26.8. The van der Waals surface area contributed by atoms with Gasteiger partial charge in [0, 0.05) is 18.8 Å². The van der Waals surface area contributed by atoms with Crippen molar-refractivity contribution in [3.63, 3.8) is 0 Å². The molecule has 0 spiro atoms. The van der Waals surface area contributed by atoms with Crippen molar-refractivity contribution in [3.05, 3.63) is 35.1 Å². The molecule has 0 atom stereocenters. The lowest BCUT2D eigenvalue weighted by molar-refractivity contribution is -0.120. The average Bonchev–Trinajstić information content (AvgIpc) is 2.95. The van der Waals surface area contributed by atoms with Crippen molar-refractivity contribution in [2.45, 2.75) is 19.8 Å². The van der Waals surface area contributed by atoms with Crippen LogP contribution in [-0.4, -0.2) is 33.2 Å². The third kappa shape index (κ3) is 5.02. The SMILES string of the molecule is CCC(=O)Nc1nnc(CC(=O)N/N=C/c2ccncc2)s1. The first-order chi connectivity index (χ1) is 10.7. The summed E-state index contributed by atoms with van der Waals surface area (Å²) in [6.07, 6.45) is 5.20. The number of rotatable bonds is 6. The summed E-state index contributed by atoms with van der Waals surface area (Å²) >= 11 is 1.16. The summed E-state index contributed by atoms with van der Waals surface area (Å²) in [6, 6.07) is 3.53. The number of aromatic nitrogens is 3. The largest absolute Gasteiger partial charge is 0.301 e. The number of nitrogens with zero attached hydrogens (tertiary/aromatic N) is 4. The Morgan fingerprint density at radius 2 is 2.05 bits per heavy atom. The predicted octanol–water partition coefficient (Wildman–Crippen LogP) is 0.974. The van der Waals surface area contributed by atoms with Gasteiger partial charge in [0.1, 0.15) is 5.01 Å². The zero-order chi connectivity index (χ0) is 15.8. The van der Waals surface area contributed by atoms with Gasteiger partial charge in [0.25, 0.3) is 0 Å². The van der Waals surface area contributed by atoms with Gasteiger partial charge in [0.15, 0.2) is 0 Å². The van der Waals surface area contributed by atoms with Crippen LogP contribution < -0.4 is 10.7 Å². The van der Waals surface area contributed by atoms with Crippen molar-refractivity contribution in [3.8, 4) is 0 Å². The number of nitrogens with one attached hydrogen (secondary N) is 2. The Labute approximate surface area is 130 Å². The molecule has 0 aliphatic rings. The van der Waals surface area contributed by atoms with Gasteiger partial charge >= 0.3 is 0 Å². The van der Waals surface area contributed by atoms with Crippen LogP contribution in [0.5, 0.6) is 0 Å². The summed E-state index contributed by atoms with van der Waals surface area (Å²) in [5.74, 6) is -0.455. The van der Waals surface area contributed by atoms with E-state index in [-0.39, 0.29) is 18.2 Å². The molecule has 2 rings (SSSR count). The van der Waals surface area contributed by atoms with Crippen LogP contribution in [0.3, 0.4) is 0 Å². The molecule has 2 amide bonds. The summed E-state index contributed by atoms with van der Waals surface area (Å²) in [5, 5.41) is 15.0. The molecule has 0 saturated heterocycles. The zero-order valence-electron chi connectivity index (χ0n) is 11.8. The Balaban J connectivity index is 1.82. The molecule has 0 aliphatic carbocycles. The highest BCUT2D eigenvalue weighted by Crippen LogP contribution is 2.15.